The second-order valence-corrected chi connectivity index (χ2v) is 5.69. The number of hydrogen-bond donors (Lipinski definition) is 1. The molecule has 0 fully saturated rings. The number of anilines is 1. The molecule has 0 bridgehead atoms. The zero-order valence-electron chi connectivity index (χ0n) is 9.81. The molecule has 19 heavy (non-hydrogen) atoms. The first kappa shape index (κ1) is 12.2. The Balaban J connectivity index is 1.66. The highest BCUT2D eigenvalue weighted by Gasteiger charge is 2.09. The minimum Gasteiger partial charge on any atom is -0.384 e. The fourth-order valence-electron chi connectivity index (χ4n) is 1.44. The Bertz CT molecular complexity index is 649. The van der Waals surface area contributed by atoms with E-state index in [1.165, 1.54) is 0 Å². The number of nitrogen functional groups attached to an aromatic ring is 1. The lowest BCUT2D eigenvalue weighted by Crippen LogP contribution is -1.88. The molecule has 0 radical (unpaired) electrons. The number of nitrogens with two attached hydrogens (primary N) is 1. The first-order valence-electron chi connectivity index (χ1n) is 5.52. The highest BCUT2D eigenvalue weighted by molar-refractivity contribution is 7.98. The van der Waals surface area contributed by atoms with Gasteiger partial charge in [0.1, 0.15) is 5.82 Å². The van der Waals surface area contributed by atoms with Crippen LogP contribution in [0.25, 0.3) is 10.7 Å². The molecule has 3 heterocycles. The molecule has 0 unspecified atom stereocenters. The first-order valence-corrected chi connectivity index (χ1v) is 7.38. The van der Waals surface area contributed by atoms with Gasteiger partial charge in [-0.2, -0.15) is 4.98 Å². The van der Waals surface area contributed by atoms with Gasteiger partial charge in [-0.05, 0) is 23.6 Å². The van der Waals surface area contributed by atoms with Gasteiger partial charge in [-0.1, -0.05) is 11.2 Å². The summed E-state index contributed by atoms with van der Waals surface area (Å²) in [7, 11) is 0. The molecule has 5 nitrogen and oxygen atoms in total. The number of aromatic nitrogens is 3. The van der Waals surface area contributed by atoms with E-state index in [4.69, 9.17) is 10.3 Å². The van der Waals surface area contributed by atoms with Crippen LogP contribution in [-0.4, -0.2) is 15.1 Å². The Kier molecular flexibility index (Phi) is 3.47. The molecule has 0 aliphatic carbocycles. The molecular weight excluding hydrogens is 280 g/mol. The van der Waals surface area contributed by atoms with E-state index < -0.39 is 0 Å². The predicted octanol–water partition coefficient (Wildman–Crippen LogP) is 3.07. The van der Waals surface area contributed by atoms with Crippen LogP contribution in [0.5, 0.6) is 0 Å². The summed E-state index contributed by atoms with van der Waals surface area (Å²) in [5.74, 6) is 2.37. The van der Waals surface area contributed by atoms with Crippen LogP contribution in [0.3, 0.4) is 0 Å². The number of thioether (sulfide) groups is 1. The smallest absolute Gasteiger partial charge is 0.237 e. The van der Waals surface area contributed by atoms with Crippen LogP contribution in [0, 0.1) is 0 Å². The van der Waals surface area contributed by atoms with Crippen molar-refractivity contribution < 1.29 is 4.52 Å². The van der Waals surface area contributed by atoms with Gasteiger partial charge in [0.05, 0.1) is 10.6 Å². The summed E-state index contributed by atoms with van der Waals surface area (Å²) in [6.07, 6.45) is 1.73. The fraction of sp³-hybridized carbons (Fsp3) is 0.0833. The van der Waals surface area contributed by atoms with Crippen molar-refractivity contribution in [1.29, 1.82) is 0 Å². The zero-order chi connectivity index (χ0) is 13.1. The lowest BCUT2D eigenvalue weighted by atomic mass is 10.4. The van der Waals surface area contributed by atoms with Gasteiger partial charge in [0, 0.05) is 11.1 Å². The SMILES string of the molecule is Nc1ccc(SCc2nc(-c3cccs3)no2)cn1. The molecule has 3 aromatic heterocycles. The minimum atomic E-state index is 0.516. The monoisotopic (exact) mass is 290 g/mol. The van der Waals surface area contributed by atoms with Crippen LogP contribution in [0.1, 0.15) is 5.89 Å². The Hall–Kier alpha value is -1.86. The molecule has 0 spiro atoms. The number of hydrogen-bond acceptors (Lipinski definition) is 7. The van der Waals surface area contributed by atoms with Crippen molar-refractivity contribution in [3.8, 4) is 10.7 Å². The van der Waals surface area contributed by atoms with Crippen LogP contribution in [0.15, 0.2) is 45.3 Å². The van der Waals surface area contributed by atoms with E-state index in [2.05, 4.69) is 15.1 Å². The third-order valence-electron chi connectivity index (χ3n) is 2.33. The van der Waals surface area contributed by atoms with E-state index in [1.807, 2.05) is 23.6 Å². The highest BCUT2D eigenvalue weighted by atomic mass is 32.2. The van der Waals surface area contributed by atoms with Gasteiger partial charge in [-0.15, -0.1) is 23.1 Å². The molecule has 0 aromatic carbocycles. The van der Waals surface area contributed by atoms with Gasteiger partial charge >= 0.3 is 0 Å². The van der Waals surface area contributed by atoms with Crippen molar-refractivity contribution in [2.45, 2.75) is 10.6 Å². The van der Waals surface area contributed by atoms with Gasteiger partial charge in [0.25, 0.3) is 0 Å². The molecule has 0 aliphatic rings. The molecule has 3 rings (SSSR count). The van der Waals surface area contributed by atoms with Crippen molar-refractivity contribution >= 4 is 28.9 Å². The van der Waals surface area contributed by atoms with Gasteiger partial charge in [0.2, 0.25) is 11.7 Å². The maximum atomic E-state index is 5.53. The molecule has 96 valence electrons. The lowest BCUT2D eigenvalue weighted by molar-refractivity contribution is 0.392. The molecule has 0 saturated carbocycles. The summed E-state index contributed by atoms with van der Waals surface area (Å²) in [5.41, 5.74) is 5.53. The topological polar surface area (TPSA) is 77.8 Å². The average Bonchev–Trinajstić information content (AvgIpc) is 3.09. The number of nitrogens with zero attached hydrogens (tertiary/aromatic N) is 3. The summed E-state index contributed by atoms with van der Waals surface area (Å²) in [5, 5.41) is 5.95. The number of thiophene rings is 1. The number of rotatable bonds is 4. The second kappa shape index (κ2) is 5.41. The first-order chi connectivity index (χ1) is 9.31. The summed E-state index contributed by atoms with van der Waals surface area (Å²) in [4.78, 5) is 10.4. The maximum Gasteiger partial charge on any atom is 0.237 e. The van der Waals surface area contributed by atoms with Crippen molar-refractivity contribution in [1.82, 2.24) is 15.1 Å². The highest BCUT2D eigenvalue weighted by Crippen LogP contribution is 2.25. The van der Waals surface area contributed by atoms with Crippen molar-refractivity contribution in [3.05, 3.63) is 41.7 Å². The third-order valence-corrected chi connectivity index (χ3v) is 4.16. The van der Waals surface area contributed by atoms with Gasteiger partial charge in [0.15, 0.2) is 0 Å². The fourth-order valence-corrected chi connectivity index (χ4v) is 2.79. The molecule has 3 aromatic rings. The van der Waals surface area contributed by atoms with Gasteiger partial charge in [-0.3, -0.25) is 0 Å². The number of pyridine rings is 1. The lowest BCUT2D eigenvalue weighted by Gasteiger charge is -1.97. The molecule has 0 amide bonds. The van der Waals surface area contributed by atoms with Crippen molar-refractivity contribution in [3.63, 3.8) is 0 Å². The average molecular weight is 290 g/mol. The Morgan fingerprint density at radius 2 is 2.26 bits per heavy atom. The van der Waals surface area contributed by atoms with Crippen molar-refractivity contribution in [2.75, 3.05) is 5.73 Å². The molecule has 0 aliphatic heterocycles. The summed E-state index contributed by atoms with van der Waals surface area (Å²) >= 11 is 3.17. The van der Waals surface area contributed by atoms with E-state index in [0.717, 1.165) is 9.77 Å². The Morgan fingerprint density at radius 3 is 3.00 bits per heavy atom. The maximum absolute atomic E-state index is 5.53. The third kappa shape index (κ3) is 2.94. The van der Waals surface area contributed by atoms with Crippen LogP contribution < -0.4 is 5.73 Å². The normalized spacial score (nSPS) is 10.7. The van der Waals surface area contributed by atoms with E-state index >= 15 is 0 Å². The zero-order valence-corrected chi connectivity index (χ0v) is 11.4. The molecule has 0 saturated heterocycles. The van der Waals surface area contributed by atoms with E-state index in [9.17, 15) is 0 Å². The summed E-state index contributed by atoms with van der Waals surface area (Å²) in [6.45, 7) is 0. The summed E-state index contributed by atoms with van der Waals surface area (Å²) < 4.78 is 5.21. The minimum absolute atomic E-state index is 0.516. The van der Waals surface area contributed by atoms with Crippen LogP contribution in [0.4, 0.5) is 5.82 Å². The van der Waals surface area contributed by atoms with Crippen LogP contribution >= 0.6 is 23.1 Å². The second-order valence-electron chi connectivity index (χ2n) is 3.70. The van der Waals surface area contributed by atoms with Gasteiger partial charge < -0.3 is 10.3 Å². The molecule has 0 atom stereocenters. The predicted molar refractivity (Wildman–Crippen MR) is 75.8 cm³/mol. The van der Waals surface area contributed by atoms with E-state index in [0.29, 0.717) is 23.3 Å². The largest absolute Gasteiger partial charge is 0.384 e. The Morgan fingerprint density at radius 1 is 1.32 bits per heavy atom. The molecule has 7 heteroatoms. The molecule has 2 N–H and O–H groups in total. The van der Waals surface area contributed by atoms with Crippen LogP contribution in [0.2, 0.25) is 0 Å². The van der Waals surface area contributed by atoms with E-state index in [1.54, 1.807) is 35.4 Å². The van der Waals surface area contributed by atoms with Crippen LogP contribution in [-0.2, 0) is 5.75 Å². The van der Waals surface area contributed by atoms with E-state index in [-0.39, 0.29) is 0 Å². The Labute approximate surface area is 117 Å². The van der Waals surface area contributed by atoms with Gasteiger partial charge in [-0.25, -0.2) is 4.98 Å². The quantitative estimate of drug-likeness (QED) is 0.744. The standard InChI is InChI=1S/C12H10N4OS2/c13-10-4-3-8(6-14-10)19-7-11-15-12(16-17-11)9-2-1-5-18-9/h1-6H,7H2,(H2,13,14). The van der Waals surface area contributed by atoms with Crippen molar-refractivity contribution in [2.24, 2.45) is 0 Å². The summed E-state index contributed by atoms with van der Waals surface area (Å²) in [6, 6.07) is 7.62. The molecular formula is C12H10N4OS2.